The van der Waals surface area contributed by atoms with Crippen LogP contribution in [0.2, 0.25) is 10.0 Å². The zero-order valence-electron chi connectivity index (χ0n) is 14.7. The summed E-state index contributed by atoms with van der Waals surface area (Å²) in [7, 11) is -3.65. The molecule has 0 aliphatic heterocycles. The summed E-state index contributed by atoms with van der Waals surface area (Å²) >= 11 is 12.1. The topological polar surface area (TPSA) is 52.0 Å². The molecular weight excluding hydrogens is 415 g/mol. The van der Waals surface area contributed by atoms with Crippen molar-refractivity contribution in [3.8, 4) is 0 Å². The minimum Gasteiger partial charge on any atom is -0.310 e. The van der Waals surface area contributed by atoms with Gasteiger partial charge in [0, 0.05) is 0 Å². The van der Waals surface area contributed by atoms with E-state index in [-0.39, 0.29) is 10.9 Å². The molecule has 0 aliphatic carbocycles. The molecule has 0 bridgehead atoms. The lowest BCUT2D eigenvalue weighted by atomic mass is 10.2. The number of sulfone groups is 1. The molecule has 7 heteroatoms. The van der Waals surface area contributed by atoms with Crippen molar-refractivity contribution < 1.29 is 8.42 Å². The lowest BCUT2D eigenvalue weighted by Crippen LogP contribution is -2.14. The normalized spacial score (nSPS) is 11.8. The first-order chi connectivity index (χ1) is 13.4. The highest BCUT2D eigenvalue weighted by Gasteiger charge is 2.24. The third kappa shape index (κ3) is 3.78. The van der Waals surface area contributed by atoms with Crippen LogP contribution >= 0.6 is 23.2 Å². The van der Waals surface area contributed by atoms with Crippen LogP contribution < -0.4 is 0 Å². The van der Waals surface area contributed by atoms with Crippen molar-refractivity contribution in [2.75, 3.05) is 0 Å². The van der Waals surface area contributed by atoms with Crippen LogP contribution in [0.4, 0.5) is 0 Å². The van der Waals surface area contributed by atoms with E-state index in [0.29, 0.717) is 22.1 Å². The summed E-state index contributed by atoms with van der Waals surface area (Å²) in [5.41, 5.74) is 2.94. The Morgan fingerprint density at radius 3 is 2.29 bits per heavy atom. The minimum atomic E-state index is -3.65. The van der Waals surface area contributed by atoms with E-state index < -0.39 is 9.84 Å². The summed E-state index contributed by atoms with van der Waals surface area (Å²) in [4.78, 5) is 4.43. The molecule has 4 nitrogen and oxygen atoms in total. The molecule has 4 aromatic rings. The Bertz CT molecular complexity index is 1250. The van der Waals surface area contributed by atoms with Crippen LogP contribution in [0, 0.1) is 0 Å². The Morgan fingerprint density at radius 2 is 1.54 bits per heavy atom. The van der Waals surface area contributed by atoms with Gasteiger partial charge in [-0.3, -0.25) is 0 Å². The van der Waals surface area contributed by atoms with E-state index >= 15 is 0 Å². The van der Waals surface area contributed by atoms with Crippen LogP contribution in [-0.4, -0.2) is 18.0 Å². The summed E-state index contributed by atoms with van der Waals surface area (Å²) in [6.45, 7) is 0.320. The van der Waals surface area contributed by atoms with Crippen molar-refractivity contribution >= 4 is 44.1 Å². The number of hydrogen-bond acceptors (Lipinski definition) is 3. The lowest BCUT2D eigenvalue weighted by molar-refractivity contribution is 0.574. The van der Waals surface area contributed by atoms with Crippen LogP contribution in [0.25, 0.3) is 11.0 Å². The van der Waals surface area contributed by atoms with Gasteiger partial charge < -0.3 is 4.57 Å². The fourth-order valence-corrected chi connectivity index (χ4v) is 4.94. The number of nitrogens with zero attached hydrogens (tertiary/aromatic N) is 2. The molecule has 0 aliphatic rings. The molecule has 0 amide bonds. The maximum atomic E-state index is 13.2. The van der Waals surface area contributed by atoms with Gasteiger partial charge in [0.15, 0.2) is 0 Å². The van der Waals surface area contributed by atoms with Gasteiger partial charge in [-0.25, -0.2) is 13.4 Å². The second-order valence-electron chi connectivity index (χ2n) is 6.46. The second kappa shape index (κ2) is 7.59. The molecule has 0 radical (unpaired) electrons. The maximum absolute atomic E-state index is 13.2. The molecule has 0 fully saturated rings. The van der Waals surface area contributed by atoms with Crippen LogP contribution in [-0.2, 0) is 22.1 Å². The summed E-state index contributed by atoms with van der Waals surface area (Å²) in [6.07, 6.45) is 0. The van der Waals surface area contributed by atoms with Crippen LogP contribution in [0.1, 0.15) is 11.1 Å². The standard InChI is InChI=1S/C21H16Cl2N2O2S/c22-17-11-10-16(12-18(17)23)13-25-20-9-5-4-8-19(20)24-21(25)28(26,27)14-15-6-2-1-3-7-15/h1-12H,13-14H2. The Kier molecular flexibility index (Phi) is 5.15. The zero-order valence-corrected chi connectivity index (χ0v) is 17.0. The Hall–Kier alpha value is -2.34. The van der Waals surface area contributed by atoms with Gasteiger partial charge in [-0.1, -0.05) is 71.7 Å². The highest BCUT2D eigenvalue weighted by atomic mass is 35.5. The number of halogens is 2. The van der Waals surface area contributed by atoms with E-state index in [1.807, 2.05) is 48.5 Å². The smallest absolute Gasteiger partial charge is 0.229 e. The van der Waals surface area contributed by atoms with Gasteiger partial charge in [0.2, 0.25) is 15.0 Å². The minimum absolute atomic E-state index is 0.0450. The first kappa shape index (κ1) is 19.0. The molecular formula is C21H16Cl2N2O2S. The van der Waals surface area contributed by atoms with E-state index in [2.05, 4.69) is 4.98 Å². The number of rotatable bonds is 5. The number of hydrogen-bond donors (Lipinski definition) is 0. The zero-order chi connectivity index (χ0) is 19.7. The number of para-hydroxylation sites is 2. The van der Waals surface area contributed by atoms with Gasteiger partial charge in [0.05, 0.1) is 33.4 Å². The highest BCUT2D eigenvalue weighted by molar-refractivity contribution is 7.90. The van der Waals surface area contributed by atoms with Gasteiger partial charge in [-0.05, 0) is 35.4 Å². The van der Waals surface area contributed by atoms with Crippen molar-refractivity contribution in [3.05, 3.63) is 94.0 Å². The van der Waals surface area contributed by atoms with Crippen molar-refractivity contribution in [1.29, 1.82) is 0 Å². The van der Waals surface area contributed by atoms with Crippen molar-refractivity contribution in [2.45, 2.75) is 17.5 Å². The molecule has 1 aromatic heterocycles. The van der Waals surface area contributed by atoms with Gasteiger partial charge in [0.1, 0.15) is 0 Å². The van der Waals surface area contributed by atoms with Crippen LogP contribution in [0.15, 0.2) is 78.0 Å². The van der Waals surface area contributed by atoms with E-state index in [1.54, 1.807) is 28.8 Å². The Balaban J connectivity index is 1.82. The molecule has 0 N–H and O–H groups in total. The first-order valence-corrected chi connectivity index (χ1v) is 11.0. The average Bonchev–Trinajstić information content (AvgIpc) is 3.05. The number of benzene rings is 3. The number of fused-ring (bicyclic) bond motifs is 1. The van der Waals surface area contributed by atoms with Gasteiger partial charge in [-0.2, -0.15) is 0 Å². The molecule has 142 valence electrons. The Labute approximate surface area is 173 Å². The molecule has 1 heterocycles. The predicted molar refractivity (Wildman–Crippen MR) is 113 cm³/mol. The average molecular weight is 431 g/mol. The monoisotopic (exact) mass is 430 g/mol. The molecule has 28 heavy (non-hydrogen) atoms. The summed E-state index contributed by atoms with van der Waals surface area (Å²) < 4.78 is 28.1. The van der Waals surface area contributed by atoms with E-state index in [4.69, 9.17) is 23.2 Å². The van der Waals surface area contributed by atoms with E-state index in [1.165, 1.54) is 0 Å². The quantitative estimate of drug-likeness (QED) is 0.427. The Morgan fingerprint density at radius 1 is 0.821 bits per heavy atom. The van der Waals surface area contributed by atoms with E-state index in [9.17, 15) is 8.42 Å². The molecule has 0 spiro atoms. The number of aromatic nitrogens is 2. The van der Waals surface area contributed by atoms with Gasteiger partial charge in [0.25, 0.3) is 0 Å². The maximum Gasteiger partial charge on any atom is 0.229 e. The third-order valence-corrected chi connectivity index (χ3v) is 6.74. The molecule has 3 aromatic carbocycles. The fraction of sp³-hybridized carbons (Fsp3) is 0.0952. The summed E-state index contributed by atoms with van der Waals surface area (Å²) in [6, 6.07) is 21.7. The van der Waals surface area contributed by atoms with Gasteiger partial charge in [-0.15, -0.1) is 0 Å². The summed E-state index contributed by atoms with van der Waals surface area (Å²) in [5.74, 6) is -0.113. The SMILES string of the molecule is O=S(=O)(Cc1ccccc1)c1nc2ccccc2n1Cc1ccc(Cl)c(Cl)c1. The van der Waals surface area contributed by atoms with E-state index in [0.717, 1.165) is 16.6 Å². The molecule has 0 atom stereocenters. The largest absolute Gasteiger partial charge is 0.310 e. The highest BCUT2D eigenvalue weighted by Crippen LogP contribution is 2.27. The van der Waals surface area contributed by atoms with Crippen LogP contribution in [0.5, 0.6) is 0 Å². The van der Waals surface area contributed by atoms with Crippen LogP contribution in [0.3, 0.4) is 0 Å². The van der Waals surface area contributed by atoms with Crippen molar-refractivity contribution in [1.82, 2.24) is 9.55 Å². The molecule has 0 unspecified atom stereocenters. The van der Waals surface area contributed by atoms with Crippen molar-refractivity contribution in [3.63, 3.8) is 0 Å². The molecule has 0 saturated heterocycles. The van der Waals surface area contributed by atoms with Crippen molar-refractivity contribution in [2.24, 2.45) is 0 Å². The third-order valence-electron chi connectivity index (χ3n) is 4.42. The molecule has 0 saturated carbocycles. The molecule has 4 rings (SSSR count). The summed E-state index contributed by atoms with van der Waals surface area (Å²) in [5, 5.41) is 0.929. The second-order valence-corrected chi connectivity index (χ2v) is 9.16. The lowest BCUT2D eigenvalue weighted by Gasteiger charge is -2.11. The fourth-order valence-electron chi connectivity index (χ4n) is 3.12. The first-order valence-electron chi connectivity index (χ1n) is 8.60. The number of imidazole rings is 1. The van der Waals surface area contributed by atoms with Gasteiger partial charge >= 0.3 is 0 Å². The predicted octanol–water partition coefficient (Wildman–Crippen LogP) is 5.37.